The van der Waals surface area contributed by atoms with Crippen molar-refractivity contribution in [2.45, 2.75) is 25.1 Å². The van der Waals surface area contributed by atoms with E-state index in [9.17, 15) is 9.90 Å². The Hall–Kier alpha value is -3.19. The predicted molar refractivity (Wildman–Crippen MR) is 95.6 cm³/mol. The van der Waals surface area contributed by atoms with Gasteiger partial charge in [-0.25, -0.2) is 14.5 Å². The number of carbonyl (C=O) groups is 1. The first-order valence-corrected chi connectivity index (χ1v) is 8.46. The first-order chi connectivity index (χ1) is 12.7. The molecule has 1 aliphatic rings. The lowest BCUT2D eigenvalue weighted by Gasteiger charge is -2.18. The lowest BCUT2D eigenvalue weighted by atomic mass is 10.1. The molecular weight excluding hydrogens is 330 g/mol. The lowest BCUT2D eigenvalue weighted by molar-refractivity contribution is 0.142. The van der Waals surface area contributed by atoms with E-state index in [0.717, 1.165) is 16.7 Å². The fraction of sp³-hybridized carbons (Fsp3) is 0.211. The molecule has 26 heavy (non-hydrogen) atoms. The van der Waals surface area contributed by atoms with Crippen molar-refractivity contribution in [3.8, 4) is 5.82 Å². The summed E-state index contributed by atoms with van der Waals surface area (Å²) in [6.07, 6.45) is 5.13. The number of hydrogen-bond donors (Lipinski definition) is 3. The van der Waals surface area contributed by atoms with Crippen LogP contribution in [0.2, 0.25) is 0 Å². The minimum absolute atomic E-state index is 0.316. The van der Waals surface area contributed by atoms with Crippen LogP contribution >= 0.6 is 0 Å². The number of aliphatic hydroxyl groups excluding tert-OH is 1. The van der Waals surface area contributed by atoms with Gasteiger partial charge in [-0.1, -0.05) is 24.3 Å². The van der Waals surface area contributed by atoms with E-state index in [0.29, 0.717) is 18.8 Å². The van der Waals surface area contributed by atoms with Crippen LogP contribution in [0.25, 0.3) is 5.82 Å². The molecule has 2 heterocycles. The standard InChI is InChI=1S/C19H19N5O2/c25-16-11-14-4-1-2-5-15(14)18(16)23-19(26)21-12-13-6-8-20-17(10-13)24-9-3-7-22-24/h1-10,16,18,25H,11-12H2,(H2,21,23,26). The minimum atomic E-state index is -0.606. The molecule has 1 aromatic carbocycles. The van der Waals surface area contributed by atoms with Crippen molar-refractivity contribution in [2.75, 3.05) is 0 Å². The van der Waals surface area contributed by atoms with Gasteiger partial charge in [0.2, 0.25) is 0 Å². The molecule has 0 aliphatic heterocycles. The first-order valence-electron chi connectivity index (χ1n) is 8.46. The van der Waals surface area contributed by atoms with Gasteiger partial charge in [-0.3, -0.25) is 0 Å². The molecule has 2 aromatic heterocycles. The van der Waals surface area contributed by atoms with E-state index in [1.807, 2.05) is 48.7 Å². The van der Waals surface area contributed by atoms with Crippen molar-refractivity contribution in [3.63, 3.8) is 0 Å². The van der Waals surface area contributed by atoms with Crippen molar-refractivity contribution >= 4 is 6.03 Å². The van der Waals surface area contributed by atoms with Crippen LogP contribution < -0.4 is 10.6 Å². The number of urea groups is 1. The minimum Gasteiger partial charge on any atom is -0.390 e. The van der Waals surface area contributed by atoms with Crippen LogP contribution in [0.5, 0.6) is 0 Å². The van der Waals surface area contributed by atoms with Gasteiger partial charge >= 0.3 is 6.03 Å². The van der Waals surface area contributed by atoms with Crippen LogP contribution in [-0.4, -0.2) is 32.0 Å². The third-order valence-electron chi connectivity index (χ3n) is 4.49. The Balaban J connectivity index is 1.38. The summed E-state index contributed by atoms with van der Waals surface area (Å²) in [7, 11) is 0. The molecule has 3 aromatic rings. The van der Waals surface area contributed by atoms with Crippen LogP contribution in [0.15, 0.2) is 61.1 Å². The summed E-state index contributed by atoms with van der Waals surface area (Å²) in [4.78, 5) is 16.5. The van der Waals surface area contributed by atoms with Crippen molar-refractivity contribution in [2.24, 2.45) is 0 Å². The Morgan fingerprint density at radius 2 is 2.12 bits per heavy atom. The van der Waals surface area contributed by atoms with Gasteiger partial charge < -0.3 is 15.7 Å². The van der Waals surface area contributed by atoms with E-state index in [2.05, 4.69) is 20.7 Å². The topological polar surface area (TPSA) is 92.1 Å². The maximum atomic E-state index is 12.3. The zero-order chi connectivity index (χ0) is 17.9. The van der Waals surface area contributed by atoms with E-state index >= 15 is 0 Å². The molecule has 2 unspecified atom stereocenters. The zero-order valence-corrected chi connectivity index (χ0v) is 14.0. The average molecular weight is 349 g/mol. The number of hydrogen-bond acceptors (Lipinski definition) is 4. The van der Waals surface area contributed by atoms with Crippen molar-refractivity contribution < 1.29 is 9.90 Å². The quantitative estimate of drug-likeness (QED) is 0.669. The third-order valence-corrected chi connectivity index (χ3v) is 4.49. The Bertz CT molecular complexity index is 910. The second-order valence-corrected chi connectivity index (χ2v) is 6.25. The second-order valence-electron chi connectivity index (χ2n) is 6.25. The Labute approximate surface area is 150 Å². The molecular formula is C19H19N5O2. The summed E-state index contributed by atoms with van der Waals surface area (Å²) in [6.45, 7) is 0.354. The van der Waals surface area contributed by atoms with Gasteiger partial charge in [0.1, 0.15) is 0 Å². The normalized spacial score (nSPS) is 18.3. The molecule has 7 nitrogen and oxygen atoms in total. The monoisotopic (exact) mass is 349 g/mol. The van der Waals surface area contributed by atoms with E-state index in [-0.39, 0.29) is 12.1 Å². The predicted octanol–water partition coefficient (Wildman–Crippen LogP) is 1.72. The van der Waals surface area contributed by atoms with Gasteiger partial charge in [0, 0.05) is 31.6 Å². The maximum absolute atomic E-state index is 12.3. The van der Waals surface area contributed by atoms with Gasteiger partial charge in [0.15, 0.2) is 5.82 Å². The number of aliphatic hydroxyl groups is 1. The second kappa shape index (κ2) is 6.97. The number of carbonyl (C=O) groups excluding carboxylic acids is 1. The molecule has 1 aliphatic carbocycles. The fourth-order valence-corrected chi connectivity index (χ4v) is 3.22. The highest BCUT2D eigenvalue weighted by Crippen LogP contribution is 2.31. The smallest absolute Gasteiger partial charge is 0.315 e. The number of nitrogens with one attached hydrogen (secondary N) is 2. The molecule has 4 rings (SSSR count). The SMILES string of the molecule is O=C(NCc1ccnc(-n2cccn2)c1)NC1c2ccccc2CC1O. The van der Waals surface area contributed by atoms with Crippen LogP contribution in [0.3, 0.4) is 0 Å². The van der Waals surface area contributed by atoms with Gasteiger partial charge in [0.05, 0.1) is 12.1 Å². The number of fused-ring (bicyclic) bond motifs is 1. The molecule has 0 radical (unpaired) electrons. The summed E-state index contributed by atoms with van der Waals surface area (Å²) in [5.41, 5.74) is 2.95. The number of benzene rings is 1. The van der Waals surface area contributed by atoms with Crippen molar-refractivity contribution in [3.05, 3.63) is 77.7 Å². The zero-order valence-electron chi connectivity index (χ0n) is 14.0. The average Bonchev–Trinajstić information content (AvgIpc) is 3.29. The number of nitrogens with zero attached hydrogens (tertiary/aromatic N) is 3. The van der Waals surface area contributed by atoms with Crippen LogP contribution in [0, 0.1) is 0 Å². The summed E-state index contributed by atoms with van der Waals surface area (Å²) in [5, 5.41) is 20.1. The van der Waals surface area contributed by atoms with E-state index in [1.165, 1.54) is 0 Å². The molecule has 0 spiro atoms. The van der Waals surface area contributed by atoms with Crippen molar-refractivity contribution in [1.29, 1.82) is 0 Å². The highest BCUT2D eigenvalue weighted by Gasteiger charge is 2.31. The van der Waals surface area contributed by atoms with Crippen LogP contribution in [0.1, 0.15) is 22.7 Å². The van der Waals surface area contributed by atoms with Gasteiger partial charge in [0.25, 0.3) is 0 Å². The maximum Gasteiger partial charge on any atom is 0.315 e. The molecule has 0 bridgehead atoms. The fourth-order valence-electron chi connectivity index (χ4n) is 3.22. The Morgan fingerprint density at radius 1 is 1.23 bits per heavy atom. The molecule has 132 valence electrons. The van der Waals surface area contributed by atoms with E-state index in [1.54, 1.807) is 17.1 Å². The lowest BCUT2D eigenvalue weighted by Crippen LogP contribution is -2.40. The summed E-state index contributed by atoms with van der Waals surface area (Å²) >= 11 is 0. The highest BCUT2D eigenvalue weighted by molar-refractivity contribution is 5.74. The molecule has 0 saturated carbocycles. The summed E-state index contributed by atoms with van der Waals surface area (Å²) in [6, 6.07) is 12.6. The number of amides is 2. The number of rotatable bonds is 4. The van der Waals surface area contributed by atoms with Gasteiger partial charge in [-0.2, -0.15) is 5.10 Å². The van der Waals surface area contributed by atoms with E-state index in [4.69, 9.17) is 0 Å². The van der Waals surface area contributed by atoms with Crippen LogP contribution in [-0.2, 0) is 13.0 Å². The molecule has 2 atom stereocenters. The van der Waals surface area contributed by atoms with E-state index < -0.39 is 6.10 Å². The largest absolute Gasteiger partial charge is 0.390 e. The van der Waals surface area contributed by atoms with Crippen molar-refractivity contribution in [1.82, 2.24) is 25.4 Å². The van der Waals surface area contributed by atoms with Gasteiger partial charge in [-0.15, -0.1) is 0 Å². The molecule has 0 fully saturated rings. The number of pyridine rings is 1. The molecule has 3 N–H and O–H groups in total. The molecule has 2 amide bonds. The van der Waals surface area contributed by atoms with Crippen LogP contribution in [0.4, 0.5) is 4.79 Å². The van der Waals surface area contributed by atoms with Gasteiger partial charge in [-0.05, 0) is 34.9 Å². The first kappa shape index (κ1) is 16.3. The Kier molecular flexibility index (Phi) is 4.37. The third kappa shape index (κ3) is 3.29. The summed E-state index contributed by atoms with van der Waals surface area (Å²) in [5.74, 6) is 0.690. The highest BCUT2D eigenvalue weighted by atomic mass is 16.3. The Morgan fingerprint density at radius 3 is 2.96 bits per heavy atom. The number of aromatic nitrogens is 3. The molecule has 0 saturated heterocycles. The molecule has 7 heteroatoms. The summed E-state index contributed by atoms with van der Waals surface area (Å²) < 4.78 is 1.66.